The molecule has 0 aliphatic heterocycles. The number of aliphatic hydroxyl groups is 1. The van der Waals surface area contributed by atoms with E-state index in [-0.39, 0.29) is 25.7 Å². The zero-order chi connectivity index (χ0) is 70.7. The second kappa shape index (κ2) is 68.8. The second-order valence-corrected chi connectivity index (χ2v) is 31.6. The van der Waals surface area contributed by atoms with Crippen molar-refractivity contribution in [2.45, 2.75) is 419 Å². The molecule has 3 N–H and O–H groups in total. The van der Waals surface area contributed by atoms with E-state index in [9.17, 15) is 43.2 Å². The molecule has 0 aromatic rings. The van der Waals surface area contributed by atoms with Crippen molar-refractivity contribution in [2.24, 2.45) is 11.8 Å². The Morgan fingerprint density at radius 2 is 0.479 bits per heavy atom. The van der Waals surface area contributed by atoms with Gasteiger partial charge in [0, 0.05) is 25.7 Å². The first-order valence-electron chi connectivity index (χ1n) is 40.0. The van der Waals surface area contributed by atoms with Gasteiger partial charge in [0.25, 0.3) is 0 Å². The van der Waals surface area contributed by atoms with Crippen molar-refractivity contribution in [3.8, 4) is 0 Å². The number of aliphatic hydroxyl groups excluding tert-OH is 1. The number of phosphoric acid groups is 2. The number of rotatable bonds is 76. The molecule has 96 heavy (non-hydrogen) atoms. The SMILES string of the molecule is CCCCCCCCCCCCCCCCCCCCC(=O)O[C@H](COC(=O)CCCCCCCCCCCCCCCC(C)C)COP(=O)(O)OC[C@@H](O)COP(=O)(O)OC[C@@H](COC(=O)CCCCCCCCCC)OC(=O)CCCCCCCCCCCCCC(C)C. The first kappa shape index (κ1) is 94.1. The molecular weight excluding hydrogens is 1260 g/mol. The highest BCUT2D eigenvalue weighted by Gasteiger charge is 2.30. The van der Waals surface area contributed by atoms with Gasteiger partial charge >= 0.3 is 39.5 Å². The number of hydrogen-bond donors (Lipinski definition) is 3. The molecule has 0 saturated carbocycles. The highest BCUT2D eigenvalue weighted by Crippen LogP contribution is 2.45. The van der Waals surface area contributed by atoms with Gasteiger partial charge in [-0.25, -0.2) is 9.13 Å². The highest BCUT2D eigenvalue weighted by atomic mass is 31.2. The molecule has 570 valence electrons. The van der Waals surface area contributed by atoms with Crippen molar-refractivity contribution in [2.75, 3.05) is 39.6 Å². The molecule has 0 aromatic heterocycles. The molecule has 0 spiro atoms. The van der Waals surface area contributed by atoms with E-state index in [1.807, 2.05) is 0 Å². The lowest BCUT2D eigenvalue weighted by atomic mass is 10.0. The quantitative estimate of drug-likeness (QED) is 0.0222. The average molecular weight is 1410 g/mol. The zero-order valence-electron chi connectivity index (χ0n) is 62.7. The summed E-state index contributed by atoms with van der Waals surface area (Å²) >= 11 is 0. The van der Waals surface area contributed by atoms with Crippen molar-refractivity contribution >= 4 is 39.5 Å². The predicted molar refractivity (Wildman–Crippen MR) is 391 cm³/mol. The van der Waals surface area contributed by atoms with Gasteiger partial charge in [-0.15, -0.1) is 0 Å². The molecule has 0 aliphatic carbocycles. The van der Waals surface area contributed by atoms with Crippen molar-refractivity contribution < 1.29 is 80.2 Å². The van der Waals surface area contributed by atoms with Gasteiger partial charge < -0.3 is 33.8 Å². The smallest absolute Gasteiger partial charge is 0.462 e. The maximum Gasteiger partial charge on any atom is 0.472 e. The van der Waals surface area contributed by atoms with Crippen LogP contribution in [0.15, 0.2) is 0 Å². The minimum Gasteiger partial charge on any atom is -0.462 e. The van der Waals surface area contributed by atoms with E-state index in [0.29, 0.717) is 25.7 Å². The predicted octanol–water partition coefficient (Wildman–Crippen LogP) is 22.7. The Morgan fingerprint density at radius 3 is 0.708 bits per heavy atom. The van der Waals surface area contributed by atoms with Crippen LogP contribution in [0.25, 0.3) is 0 Å². The minimum absolute atomic E-state index is 0.106. The molecule has 19 heteroatoms. The normalized spacial score (nSPS) is 14.0. The lowest BCUT2D eigenvalue weighted by Crippen LogP contribution is -2.30. The largest absolute Gasteiger partial charge is 0.472 e. The third-order valence-corrected chi connectivity index (χ3v) is 19.9. The summed E-state index contributed by atoms with van der Waals surface area (Å²) in [6.45, 7) is 9.60. The fraction of sp³-hybridized carbons (Fsp3) is 0.948. The Bertz CT molecular complexity index is 1860. The summed E-state index contributed by atoms with van der Waals surface area (Å²) in [7, 11) is -9.91. The molecule has 0 aliphatic rings. The Morgan fingerprint density at radius 1 is 0.281 bits per heavy atom. The van der Waals surface area contributed by atoms with Crippen LogP contribution in [0.3, 0.4) is 0 Å². The summed E-state index contributed by atoms with van der Waals surface area (Å²) in [6.07, 6.45) is 56.9. The van der Waals surface area contributed by atoms with E-state index >= 15 is 0 Å². The van der Waals surface area contributed by atoms with Gasteiger partial charge in [-0.05, 0) is 37.5 Å². The molecule has 0 rings (SSSR count). The summed E-state index contributed by atoms with van der Waals surface area (Å²) < 4.78 is 68.5. The molecule has 0 bridgehead atoms. The zero-order valence-corrected chi connectivity index (χ0v) is 64.5. The van der Waals surface area contributed by atoms with Crippen LogP contribution < -0.4 is 0 Å². The van der Waals surface area contributed by atoms with Crippen molar-refractivity contribution in [1.82, 2.24) is 0 Å². The van der Waals surface area contributed by atoms with Gasteiger partial charge in [-0.3, -0.25) is 37.3 Å². The van der Waals surface area contributed by atoms with Crippen molar-refractivity contribution in [3.05, 3.63) is 0 Å². The maximum absolute atomic E-state index is 13.1. The molecule has 0 radical (unpaired) electrons. The molecule has 0 amide bonds. The maximum atomic E-state index is 13.1. The Labute approximate surface area is 588 Å². The second-order valence-electron chi connectivity index (χ2n) is 28.7. The molecule has 0 fully saturated rings. The molecule has 0 aromatic carbocycles. The van der Waals surface area contributed by atoms with E-state index in [2.05, 4.69) is 41.5 Å². The third-order valence-electron chi connectivity index (χ3n) is 18.0. The monoisotopic (exact) mass is 1410 g/mol. The van der Waals surface area contributed by atoms with Gasteiger partial charge in [-0.1, -0.05) is 350 Å². The first-order chi connectivity index (χ1) is 46.4. The summed E-state index contributed by atoms with van der Waals surface area (Å²) in [5.41, 5.74) is 0. The minimum atomic E-state index is -4.96. The van der Waals surface area contributed by atoms with Crippen LogP contribution in [0.2, 0.25) is 0 Å². The number of carbonyl (C=O) groups is 4. The Hall–Kier alpha value is -1.94. The lowest BCUT2D eigenvalue weighted by molar-refractivity contribution is -0.161. The summed E-state index contributed by atoms with van der Waals surface area (Å²) in [5.74, 6) is -0.559. The van der Waals surface area contributed by atoms with E-state index in [1.165, 1.54) is 212 Å². The summed E-state index contributed by atoms with van der Waals surface area (Å²) in [6, 6.07) is 0. The average Bonchev–Trinajstić information content (AvgIpc) is 1.53. The van der Waals surface area contributed by atoms with Gasteiger partial charge in [0.2, 0.25) is 0 Å². The van der Waals surface area contributed by atoms with Crippen LogP contribution in [-0.4, -0.2) is 96.7 Å². The van der Waals surface area contributed by atoms with E-state index in [4.69, 9.17) is 37.0 Å². The molecular formula is C77H150O17P2. The van der Waals surface area contributed by atoms with Crippen LogP contribution in [0, 0.1) is 11.8 Å². The molecule has 0 saturated heterocycles. The van der Waals surface area contributed by atoms with E-state index in [1.54, 1.807) is 0 Å². The number of carbonyl (C=O) groups excluding carboxylic acids is 4. The first-order valence-corrected chi connectivity index (χ1v) is 43.0. The van der Waals surface area contributed by atoms with Crippen LogP contribution in [0.1, 0.15) is 401 Å². The van der Waals surface area contributed by atoms with Crippen molar-refractivity contribution in [1.29, 1.82) is 0 Å². The number of unbranched alkanes of at least 4 members (excludes halogenated alkanes) is 46. The number of phosphoric ester groups is 2. The van der Waals surface area contributed by atoms with Crippen molar-refractivity contribution in [3.63, 3.8) is 0 Å². The van der Waals surface area contributed by atoms with Crippen LogP contribution in [-0.2, 0) is 65.4 Å². The number of esters is 4. The summed E-state index contributed by atoms with van der Waals surface area (Å²) in [5, 5.41) is 10.6. The van der Waals surface area contributed by atoms with Crippen LogP contribution in [0.4, 0.5) is 0 Å². The fourth-order valence-electron chi connectivity index (χ4n) is 11.8. The molecule has 0 heterocycles. The third kappa shape index (κ3) is 70.5. The number of hydrogen-bond acceptors (Lipinski definition) is 15. The van der Waals surface area contributed by atoms with Gasteiger partial charge in [0.15, 0.2) is 12.2 Å². The van der Waals surface area contributed by atoms with Gasteiger partial charge in [0.1, 0.15) is 19.3 Å². The number of ether oxygens (including phenoxy) is 4. The van der Waals surface area contributed by atoms with Crippen LogP contribution in [0.5, 0.6) is 0 Å². The summed E-state index contributed by atoms with van der Waals surface area (Å²) in [4.78, 5) is 72.8. The Kier molecular flexibility index (Phi) is 67.4. The molecule has 17 nitrogen and oxygen atoms in total. The fourth-order valence-corrected chi connectivity index (χ4v) is 13.4. The standard InChI is InChI=1S/C77H150O17P2/c1-7-9-11-13-15-17-18-19-20-21-22-23-26-32-37-43-49-55-61-76(81)94-73(66-88-75(80)60-54-48-42-36-31-27-24-25-29-34-39-45-51-57-69(3)4)68-92-96(85,86)90-64-71(78)63-89-95(83,84)91-67-72(65-87-74(79)59-53-47-41-16-14-12-10-8-2)93-77(82)62-56-50-44-38-33-28-30-35-40-46-52-58-70(5)6/h69-73,78H,7-68H2,1-6H3,(H,83,84)(H,85,86)/t71-,72+,73+/m0/s1. The molecule has 2 unspecified atom stereocenters. The molecule has 5 atom stereocenters. The van der Waals surface area contributed by atoms with Gasteiger partial charge in [-0.2, -0.15) is 0 Å². The lowest BCUT2D eigenvalue weighted by Gasteiger charge is -2.21. The topological polar surface area (TPSA) is 237 Å². The van der Waals surface area contributed by atoms with E-state index < -0.39 is 97.5 Å². The van der Waals surface area contributed by atoms with Gasteiger partial charge in [0.05, 0.1) is 26.4 Å². The highest BCUT2D eigenvalue weighted by molar-refractivity contribution is 7.47. The van der Waals surface area contributed by atoms with E-state index in [0.717, 1.165) is 108 Å². The Balaban J connectivity index is 5.21. The van der Waals surface area contributed by atoms with Crippen LogP contribution >= 0.6 is 15.6 Å².